The number of hydrogen-bond donors (Lipinski definition) is 2. The highest BCUT2D eigenvalue weighted by molar-refractivity contribution is 9.10. The van der Waals surface area contributed by atoms with Gasteiger partial charge < -0.3 is 9.84 Å². The van der Waals surface area contributed by atoms with Crippen molar-refractivity contribution < 1.29 is 14.6 Å². The second-order valence-electron chi connectivity index (χ2n) is 4.14. The third-order valence-electron chi connectivity index (χ3n) is 2.68. The van der Waals surface area contributed by atoms with Gasteiger partial charge in [-0.25, -0.2) is 5.43 Å². The van der Waals surface area contributed by atoms with E-state index in [1.807, 2.05) is 0 Å². The van der Waals surface area contributed by atoms with Crippen molar-refractivity contribution >= 4 is 28.1 Å². The monoisotopic (exact) mass is 348 g/mol. The maximum atomic E-state index is 11.9. The van der Waals surface area contributed by atoms with Crippen molar-refractivity contribution in [2.75, 3.05) is 7.11 Å². The van der Waals surface area contributed by atoms with Crippen molar-refractivity contribution in [1.82, 2.24) is 5.43 Å². The zero-order valence-corrected chi connectivity index (χ0v) is 12.8. The van der Waals surface area contributed by atoms with Gasteiger partial charge in [0, 0.05) is 5.56 Å². The first kappa shape index (κ1) is 15.1. The molecule has 0 aliphatic carbocycles. The molecular formula is C15H13BrN2O3. The number of amides is 1. The number of nitrogens with zero attached hydrogens (tertiary/aromatic N) is 1. The number of hydrazone groups is 1. The normalized spacial score (nSPS) is 10.6. The van der Waals surface area contributed by atoms with Gasteiger partial charge in [0.2, 0.25) is 0 Å². The SMILES string of the molecule is COc1cccc(C(=O)N/N=C/c2ccc(O)c(Br)c2)c1. The summed E-state index contributed by atoms with van der Waals surface area (Å²) in [7, 11) is 1.54. The van der Waals surface area contributed by atoms with E-state index in [9.17, 15) is 9.90 Å². The van der Waals surface area contributed by atoms with Crippen molar-refractivity contribution in [2.24, 2.45) is 5.10 Å². The Labute approximate surface area is 130 Å². The first-order valence-electron chi connectivity index (χ1n) is 6.06. The molecule has 2 aromatic carbocycles. The average Bonchev–Trinajstić information content (AvgIpc) is 2.50. The van der Waals surface area contributed by atoms with Gasteiger partial charge in [-0.2, -0.15) is 5.10 Å². The molecule has 0 aliphatic rings. The van der Waals surface area contributed by atoms with Gasteiger partial charge in [-0.15, -0.1) is 0 Å². The fraction of sp³-hybridized carbons (Fsp3) is 0.0667. The molecule has 0 saturated heterocycles. The van der Waals surface area contributed by atoms with Gasteiger partial charge in [-0.3, -0.25) is 4.79 Å². The van der Waals surface area contributed by atoms with Crippen molar-refractivity contribution in [3.8, 4) is 11.5 Å². The molecule has 0 atom stereocenters. The molecule has 0 aliphatic heterocycles. The minimum atomic E-state index is -0.331. The lowest BCUT2D eigenvalue weighted by Gasteiger charge is -2.03. The summed E-state index contributed by atoms with van der Waals surface area (Å²) in [6.45, 7) is 0. The molecule has 108 valence electrons. The van der Waals surface area contributed by atoms with E-state index in [4.69, 9.17) is 4.74 Å². The molecule has 0 unspecified atom stereocenters. The van der Waals surface area contributed by atoms with Crippen LogP contribution in [0, 0.1) is 0 Å². The number of phenolic OH excluding ortho intramolecular Hbond substituents is 1. The zero-order chi connectivity index (χ0) is 15.2. The van der Waals surface area contributed by atoms with Crippen LogP contribution in [0.1, 0.15) is 15.9 Å². The van der Waals surface area contributed by atoms with Gasteiger partial charge in [0.15, 0.2) is 0 Å². The summed E-state index contributed by atoms with van der Waals surface area (Å²) in [5.74, 6) is 0.421. The van der Waals surface area contributed by atoms with Crippen LogP contribution in [0.4, 0.5) is 0 Å². The predicted octanol–water partition coefficient (Wildman–Crippen LogP) is 2.93. The standard InChI is InChI=1S/C15H13BrN2O3/c1-21-12-4-2-3-11(8-12)15(20)18-17-9-10-5-6-14(19)13(16)7-10/h2-9,19H,1H3,(H,18,20)/b17-9+. The minimum Gasteiger partial charge on any atom is -0.507 e. The molecule has 0 fully saturated rings. The summed E-state index contributed by atoms with van der Waals surface area (Å²) >= 11 is 3.21. The molecule has 2 N–H and O–H groups in total. The lowest BCUT2D eigenvalue weighted by Crippen LogP contribution is -2.17. The quantitative estimate of drug-likeness (QED) is 0.659. The Kier molecular flexibility index (Phi) is 4.94. The number of phenols is 1. The van der Waals surface area contributed by atoms with E-state index >= 15 is 0 Å². The Morgan fingerprint density at radius 1 is 1.33 bits per heavy atom. The maximum absolute atomic E-state index is 11.9. The fourth-order valence-electron chi connectivity index (χ4n) is 1.60. The molecular weight excluding hydrogens is 336 g/mol. The third kappa shape index (κ3) is 4.06. The van der Waals surface area contributed by atoms with Crippen LogP contribution in [-0.2, 0) is 0 Å². The Morgan fingerprint density at radius 2 is 2.14 bits per heavy atom. The number of benzene rings is 2. The van der Waals surface area contributed by atoms with Gasteiger partial charge in [-0.1, -0.05) is 6.07 Å². The summed E-state index contributed by atoms with van der Waals surface area (Å²) in [5.41, 5.74) is 3.63. The molecule has 2 aromatic rings. The van der Waals surface area contributed by atoms with Crippen LogP contribution in [0.15, 0.2) is 52.0 Å². The highest BCUT2D eigenvalue weighted by Gasteiger charge is 2.05. The molecule has 6 heteroatoms. The minimum absolute atomic E-state index is 0.146. The van der Waals surface area contributed by atoms with Crippen LogP contribution in [0.25, 0.3) is 0 Å². The van der Waals surface area contributed by atoms with Crippen LogP contribution in [0.2, 0.25) is 0 Å². The Balaban J connectivity index is 2.02. The first-order valence-corrected chi connectivity index (χ1v) is 6.85. The molecule has 0 saturated carbocycles. The van der Waals surface area contributed by atoms with Crippen LogP contribution in [0.5, 0.6) is 11.5 Å². The number of carbonyl (C=O) groups excluding carboxylic acids is 1. The molecule has 0 bridgehead atoms. The summed E-state index contributed by atoms with van der Waals surface area (Å²) in [6, 6.07) is 11.7. The zero-order valence-electron chi connectivity index (χ0n) is 11.2. The van der Waals surface area contributed by atoms with E-state index in [1.54, 1.807) is 36.4 Å². The van der Waals surface area contributed by atoms with Gasteiger partial charge in [0.25, 0.3) is 5.91 Å². The average molecular weight is 349 g/mol. The van der Waals surface area contributed by atoms with Crippen molar-refractivity contribution in [1.29, 1.82) is 0 Å². The van der Waals surface area contributed by atoms with Crippen LogP contribution in [0.3, 0.4) is 0 Å². The third-order valence-corrected chi connectivity index (χ3v) is 3.32. The molecule has 21 heavy (non-hydrogen) atoms. The molecule has 0 spiro atoms. The largest absolute Gasteiger partial charge is 0.507 e. The van der Waals surface area contributed by atoms with E-state index in [2.05, 4.69) is 26.5 Å². The van der Waals surface area contributed by atoms with E-state index in [1.165, 1.54) is 19.4 Å². The number of nitrogens with one attached hydrogen (secondary N) is 1. The Bertz CT molecular complexity index is 686. The number of rotatable bonds is 4. The topological polar surface area (TPSA) is 70.9 Å². The highest BCUT2D eigenvalue weighted by Crippen LogP contribution is 2.23. The van der Waals surface area contributed by atoms with E-state index < -0.39 is 0 Å². The van der Waals surface area contributed by atoms with Crippen LogP contribution >= 0.6 is 15.9 Å². The number of aromatic hydroxyl groups is 1. The Hall–Kier alpha value is -2.34. The van der Waals surface area contributed by atoms with Gasteiger partial charge in [0.1, 0.15) is 11.5 Å². The molecule has 0 heterocycles. The summed E-state index contributed by atoms with van der Waals surface area (Å²) in [6.07, 6.45) is 1.49. The molecule has 0 aromatic heterocycles. The van der Waals surface area contributed by atoms with E-state index in [-0.39, 0.29) is 11.7 Å². The van der Waals surface area contributed by atoms with Crippen LogP contribution < -0.4 is 10.2 Å². The smallest absolute Gasteiger partial charge is 0.271 e. The van der Waals surface area contributed by atoms with Crippen molar-refractivity contribution in [3.63, 3.8) is 0 Å². The number of ether oxygens (including phenoxy) is 1. The lowest BCUT2D eigenvalue weighted by atomic mass is 10.2. The number of methoxy groups -OCH3 is 1. The number of halogens is 1. The van der Waals surface area contributed by atoms with E-state index in [0.717, 1.165) is 5.56 Å². The fourth-order valence-corrected chi connectivity index (χ4v) is 1.99. The molecule has 1 amide bonds. The molecule has 2 rings (SSSR count). The Morgan fingerprint density at radius 3 is 2.86 bits per heavy atom. The van der Waals surface area contributed by atoms with Crippen molar-refractivity contribution in [2.45, 2.75) is 0 Å². The van der Waals surface area contributed by atoms with Crippen LogP contribution in [-0.4, -0.2) is 24.3 Å². The first-order chi connectivity index (χ1) is 10.1. The second-order valence-corrected chi connectivity index (χ2v) is 5.00. The van der Waals surface area contributed by atoms with Gasteiger partial charge in [-0.05, 0) is 57.9 Å². The summed E-state index contributed by atoms with van der Waals surface area (Å²) in [5, 5.41) is 13.3. The number of hydrogen-bond acceptors (Lipinski definition) is 4. The second kappa shape index (κ2) is 6.90. The molecule has 5 nitrogen and oxygen atoms in total. The maximum Gasteiger partial charge on any atom is 0.271 e. The summed E-state index contributed by atoms with van der Waals surface area (Å²) in [4.78, 5) is 11.9. The van der Waals surface area contributed by atoms with Crippen molar-refractivity contribution in [3.05, 3.63) is 58.1 Å². The molecule has 0 radical (unpaired) electrons. The van der Waals surface area contributed by atoms with E-state index in [0.29, 0.717) is 15.8 Å². The lowest BCUT2D eigenvalue weighted by molar-refractivity contribution is 0.0955. The highest BCUT2D eigenvalue weighted by atomic mass is 79.9. The summed E-state index contributed by atoms with van der Waals surface area (Å²) < 4.78 is 5.62. The van der Waals surface area contributed by atoms with Gasteiger partial charge in [0.05, 0.1) is 17.8 Å². The predicted molar refractivity (Wildman–Crippen MR) is 83.9 cm³/mol. The van der Waals surface area contributed by atoms with Gasteiger partial charge >= 0.3 is 0 Å². The number of carbonyl (C=O) groups is 1.